The van der Waals surface area contributed by atoms with Crippen LogP contribution in [0.3, 0.4) is 0 Å². The van der Waals surface area contributed by atoms with Gasteiger partial charge in [0, 0.05) is 12.8 Å². The normalized spacial score (nSPS) is 10.3. The van der Waals surface area contributed by atoms with E-state index in [0.717, 1.165) is 18.4 Å². The zero-order valence-electron chi connectivity index (χ0n) is 8.72. The molecule has 0 aliphatic rings. The summed E-state index contributed by atoms with van der Waals surface area (Å²) in [5.41, 5.74) is 0.733. The van der Waals surface area contributed by atoms with Crippen LogP contribution in [0, 0.1) is 5.82 Å². The second-order valence-electron chi connectivity index (χ2n) is 3.53. The zero-order valence-corrected chi connectivity index (χ0v) is 10.3. The van der Waals surface area contributed by atoms with Gasteiger partial charge >= 0.3 is 0 Å². The van der Waals surface area contributed by atoms with Gasteiger partial charge in [0.25, 0.3) is 0 Å². The van der Waals surface area contributed by atoms with E-state index in [1.54, 1.807) is 12.1 Å². The lowest BCUT2D eigenvalue weighted by Gasteiger charge is -2.04. The van der Waals surface area contributed by atoms with E-state index in [2.05, 4.69) is 15.9 Å². The molecule has 1 rings (SSSR count). The van der Waals surface area contributed by atoms with Gasteiger partial charge in [0.15, 0.2) is 0 Å². The number of benzene rings is 1. The summed E-state index contributed by atoms with van der Waals surface area (Å²) < 4.78 is 13.5. The maximum Gasteiger partial charge on any atom is 0.137 e. The molecule has 0 unspecified atom stereocenters. The van der Waals surface area contributed by atoms with Crippen LogP contribution in [0.1, 0.15) is 31.7 Å². The van der Waals surface area contributed by atoms with Gasteiger partial charge in [-0.1, -0.05) is 25.5 Å². The number of unbranched alkanes of at least 4 members (excludes halogenated alkanes) is 1. The van der Waals surface area contributed by atoms with E-state index in [1.807, 2.05) is 6.92 Å². The summed E-state index contributed by atoms with van der Waals surface area (Å²) in [7, 11) is 0. The lowest BCUT2D eigenvalue weighted by Crippen LogP contribution is -2.03. The second-order valence-corrected chi connectivity index (χ2v) is 4.32. The molecule has 1 nitrogen and oxygen atoms in total. The highest BCUT2D eigenvalue weighted by Crippen LogP contribution is 2.21. The maximum absolute atomic E-state index is 13.1. The molecular formula is C12H14BrFO. The van der Waals surface area contributed by atoms with Gasteiger partial charge in [-0.25, -0.2) is 4.39 Å². The van der Waals surface area contributed by atoms with Gasteiger partial charge in [-0.2, -0.15) is 0 Å². The Morgan fingerprint density at radius 2 is 2.20 bits per heavy atom. The van der Waals surface area contributed by atoms with Crippen molar-refractivity contribution >= 4 is 21.7 Å². The molecule has 82 valence electrons. The van der Waals surface area contributed by atoms with Crippen molar-refractivity contribution in [1.82, 2.24) is 0 Å². The number of hydrogen-bond acceptors (Lipinski definition) is 1. The molecule has 0 heterocycles. The molecular weight excluding hydrogens is 259 g/mol. The first-order chi connectivity index (χ1) is 7.15. The molecule has 0 saturated carbocycles. The minimum atomic E-state index is -0.309. The third-order valence-electron chi connectivity index (χ3n) is 2.23. The van der Waals surface area contributed by atoms with Crippen LogP contribution in [-0.4, -0.2) is 5.78 Å². The second kappa shape index (κ2) is 6.01. The highest BCUT2D eigenvalue weighted by atomic mass is 79.9. The van der Waals surface area contributed by atoms with Gasteiger partial charge in [0.2, 0.25) is 0 Å². The first kappa shape index (κ1) is 12.4. The molecule has 0 spiro atoms. The van der Waals surface area contributed by atoms with Crippen LogP contribution in [-0.2, 0) is 11.2 Å². The van der Waals surface area contributed by atoms with Gasteiger partial charge < -0.3 is 0 Å². The SMILES string of the molecule is CCCCC(=O)Cc1cccc(F)c1Br. The molecule has 1 aromatic rings. The lowest BCUT2D eigenvalue weighted by molar-refractivity contribution is -0.118. The van der Waals surface area contributed by atoms with Crippen molar-refractivity contribution in [2.24, 2.45) is 0 Å². The molecule has 1 aromatic carbocycles. The predicted molar refractivity (Wildman–Crippen MR) is 62.3 cm³/mol. The number of halogens is 2. The zero-order chi connectivity index (χ0) is 11.3. The Kier molecular flexibility index (Phi) is 4.95. The third-order valence-corrected chi connectivity index (χ3v) is 3.12. The monoisotopic (exact) mass is 272 g/mol. The molecule has 0 N–H and O–H groups in total. The molecule has 0 fully saturated rings. The summed E-state index contributed by atoms with van der Waals surface area (Å²) in [5, 5.41) is 0. The van der Waals surface area contributed by atoms with Crippen molar-refractivity contribution in [3.8, 4) is 0 Å². The highest BCUT2D eigenvalue weighted by molar-refractivity contribution is 9.10. The average Bonchev–Trinajstić information content (AvgIpc) is 2.22. The Bertz CT molecular complexity index is 349. The Labute approximate surface area is 97.8 Å². The number of ketones is 1. The molecule has 3 heteroatoms. The van der Waals surface area contributed by atoms with Gasteiger partial charge in [0.1, 0.15) is 11.6 Å². The quantitative estimate of drug-likeness (QED) is 0.795. The Morgan fingerprint density at radius 3 is 2.87 bits per heavy atom. The molecule has 0 radical (unpaired) electrons. The summed E-state index contributed by atoms with van der Waals surface area (Å²) in [6.45, 7) is 2.05. The van der Waals surface area contributed by atoms with Crippen molar-refractivity contribution in [3.05, 3.63) is 34.1 Å². The topological polar surface area (TPSA) is 17.1 Å². The first-order valence-corrected chi connectivity index (χ1v) is 5.89. The van der Waals surface area contributed by atoms with E-state index in [1.165, 1.54) is 6.07 Å². The highest BCUT2D eigenvalue weighted by Gasteiger charge is 2.09. The third kappa shape index (κ3) is 3.74. The van der Waals surface area contributed by atoms with Crippen molar-refractivity contribution in [2.75, 3.05) is 0 Å². The Hall–Kier alpha value is -0.700. The van der Waals surface area contributed by atoms with E-state index < -0.39 is 0 Å². The minimum Gasteiger partial charge on any atom is -0.299 e. The van der Waals surface area contributed by atoms with Crippen molar-refractivity contribution < 1.29 is 9.18 Å². The predicted octanol–water partition coefficient (Wildman–Crippen LogP) is 3.89. The minimum absolute atomic E-state index is 0.170. The Balaban J connectivity index is 2.64. The van der Waals surface area contributed by atoms with Crippen LogP contribution in [0.25, 0.3) is 0 Å². The van der Waals surface area contributed by atoms with Crippen LogP contribution >= 0.6 is 15.9 Å². The van der Waals surface area contributed by atoms with E-state index in [4.69, 9.17) is 0 Å². The van der Waals surface area contributed by atoms with E-state index in [0.29, 0.717) is 17.3 Å². The molecule has 0 amide bonds. The smallest absolute Gasteiger partial charge is 0.137 e. The number of hydrogen-bond donors (Lipinski definition) is 0. The van der Waals surface area contributed by atoms with E-state index >= 15 is 0 Å². The van der Waals surface area contributed by atoms with Gasteiger partial charge in [-0.05, 0) is 34.0 Å². The van der Waals surface area contributed by atoms with Crippen molar-refractivity contribution in [2.45, 2.75) is 32.6 Å². The lowest BCUT2D eigenvalue weighted by atomic mass is 10.1. The number of carbonyl (C=O) groups is 1. The van der Waals surface area contributed by atoms with Crippen LogP contribution in [0.4, 0.5) is 4.39 Å². The average molecular weight is 273 g/mol. The standard InChI is InChI=1S/C12H14BrFO/c1-2-3-6-10(15)8-9-5-4-7-11(14)12(9)13/h4-5,7H,2-3,6,8H2,1H3. The Morgan fingerprint density at radius 1 is 1.47 bits per heavy atom. The summed E-state index contributed by atoms with van der Waals surface area (Å²) >= 11 is 3.15. The largest absolute Gasteiger partial charge is 0.299 e. The van der Waals surface area contributed by atoms with Crippen LogP contribution in [0.2, 0.25) is 0 Å². The number of carbonyl (C=O) groups excluding carboxylic acids is 1. The van der Waals surface area contributed by atoms with Crippen molar-refractivity contribution in [1.29, 1.82) is 0 Å². The molecule has 0 bridgehead atoms. The fourth-order valence-electron chi connectivity index (χ4n) is 1.36. The molecule has 0 aliphatic carbocycles. The summed E-state index contributed by atoms with van der Waals surface area (Å²) in [6, 6.07) is 4.78. The van der Waals surface area contributed by atoms with E-state index in [9.17, 15) is 9.18 Å². The molecule has 0 atom stereocenters. The molecule has 15 heavy (non-hydrogen) atoms. The van der Waals surface area contributed by atoms with Gasteiger partial charge in [0.05, 0.1) is 4.47 Å². The van der Waals surface area contributed by atoms with Gasteiger partial charge in [-0.3, -0.25) is 4.79 Å². The summed E-state index contributed by atoms with van der Waals surface area (Å²) in [5.74, 6) is -0.140. The fraction of sp³-hybridized carbons (Fsp3) is 0.417. The van der Waals surface area contributed by atoms with Crippen LogP contribution in [0.15, 0.2) is 22.7 Å². The first-order valence-electron chi connectivity index (χ1n) is 5.09. The summed E-state index contributed by atoms with van der Waals surface area (Å²) in [4.78, 5) is 11.5. The molecule has 0 saturated heterocycles. The van der Waals surface area contributed by atoms with E-state index in [-0.39, 0.29) is 11.6 Å². The number of Topliss-reactive ketones (excluding diaryl/α,β-unsaturated/α-hetero) is 1. The fourth-order valence-corrected chi connectivity index (χ4v) is 1.76. The summed E-state index contributed by atoms with van der Waals surface area (Å²) in [6.07, 6.45) is 2.82. The maximum atomic E-state index is 13.1. The van der Waals surface area contributed by atoms with Crippen molar-refractivity contribution in [3.63, 3.8) is 0 Å². The molecule has 0 aromatic heterocycles. The van der Waals surface area contributed by atoms with Crippen LogP contribution in [0.5, 0.6) is 0 Å². The molecule has 0 aliphatic heterocycles. The van der Waals surface area contributed by atoms with Gasteiger partial charge in [-0.15, -0.1) is 0 Å². The number of rotatable bonds is 5. The van der Waals surface area contributed by atoms with Crippen LogP contribution < -0.4 is 0 Å².